The van der Waals surface area contributed by atoms with Crippen LogP contribution in [0.15, 0.2) is 53.1 Å². The number of likely N-dealkylation sites (tertiary alicyclic amines) is 1. The van der Waals surface area contributed by atoms with E-state index in [-0.39, 0.29) is 5.76 Å². The number of hydrogen-bond acceptors (Lipinski definition) is 9. The van der Waals surface area contributed by atoms with Crippen LogP contribution in [0.1, 0.15) is 61.7 Å². The molecule has 0 spiro atoms. The van der Waals surface area contributed by atoms with Crippen molar-refractivity contribution in [2.24, 2.45) is 5.84 Å². The number of rotatable bonds is 6. The molecule has 0 bridgehead atoms. The Morgan fingerprint density at radius 1 is 1.08 bits per heavy atom. The number of ether oxygens (including phenoxy) is 1. The quantitative estimate of drug-likeness (QED) is 0.156. The second kappa shape index (κ2) is 10.9. The number of phenols is 1. The smallest absolute Gasteiger partial charge is 0.382 e. The van der Waals surface area contributed by atoms with Gasteiger partial charge in [0.15, 0.2) is 0 Å². The van der Waals surface area contributed by atoms with E-state index in [2.05, 4.69) is 4.90 Å². The summed E-state index contributed by atoms with van der Waals surface area (Å²) < 4.78 is 10.7. The number of nitrogens with two attached hydrogens (primary N) is 1. The molecule has 0 atom stereocenters. The normalized spacial score (nSPS) is 13.6. The molecule has 4 rings (SSSR count). The summed E-state index contributed by atoms with van der Waals surface area (Å²) in [6.07, 6.45) is 4.86. The van der Waals surface area contributed by atoms with Crippen LogP contribution in [0.5, 0.6) is 5.75 Å². The van der Waals surface area contributed by atoms with Gasteiger partial charge in [0.2, 0.25) is 5.76 Å². The molecule has 0 radical (unpaired) electrons. The molecule has 4 N–H and O–H groups in total. The van der Waals surface area contributed by atoms with Crippen LogP contribution in [0, 0.1) is 11.3 Å². The number of aromatic hydroxyl groups is 1. The Labute approximate surface area is 206 Å². The molecular weight excluding hydrogens is 464 g/mol. The molecule has 36 heavy (non-hydrogen) atoms. The minimum absolute atomic E-state index is 0.161. The van der Waals surface area contributed by atoms with Gasteiger partial charge >= 0.3 is 11.9 Å². The van der Waals surface area contributed by atoms with Crippen LogP contribution in [0.25, 0.3) is 11.1 Å². The number of carbonyl (C=O) groups excluding carboxylic acids is 3. The van der Waals surface area contributed by atoms with Crippen molar-refractivity contribution in [1.82, 2.24) is 10.3 Å². The molecule has 2 heterocycles. The number of benzene rings is 2. The Balaban J connectivity index is 1.67. The standard InChI is InChI=1S/C26H24N4O6/c27-13-19-20(31)10-9-18(22(19)24(32)29-28)25(33)36-26(34)23-21(16-7-3-1-4-8-16)17(15-35-23)14-30-11-5-2-6-12-30/h1,3-4,7-10,15,31H,2,5-6,11-12,14,28H2,(H,29,32). The zero-order valence-corrected chi connectivity index (χ0v) is 19.3. The lowest BCUT2D eigenvalue weighted by molar-refractivity contribution is 0.0374. The lowest BCUT2D eigenvalue weighted by Crippen LogP contribution is -2.32. The minimum Gasteiger partial charge on any atom is -0.507 e. The van der Waals surface area contributed by atoms with Gasteiger partial charge in [-0.3, -0.25) is 15.1 Å². The van der Waals surface area contributed by atoms with Crippen molar-refractivity contribution in [2.45, 2.75) is 25.8 Å². The van der Waals surface area contributed by atoms with Gasteiger partial charge in [0.1, 0.15) is 17.4 Å². The van der Waals surface area contributed by atoms with Crippen LogP contribution in [0.3, 0.4) is 0 Å². The molecule has 1 aromatic heterocycles. The van der Waals surface area contributed by atoms with Gasteiger partial charge in [-0.15, -0.1) is 0 Å². The highest BCUT2D eigenvalue weighted by molar-refractivity contribution is 6.11. The van der Waals surface area contributed by atoms with E-state index in [1.807, 2.05) is 35.8 Å². The predicted molar refractivity (Wildman–Crippen MR) is 127 cm³/mol. The average Bonchev–Trinajstić information content (AvgIpc) is 3.32. The monoisotopic (exact) mass is 488 g/mol. The first-order valence-corrected chi connectivity index (χ1v) is 11.4. The van der Waals surface area contributed by atoms with Crippen LogP contribution in [0.2, 0.25) is 0 Å². The van der Waals surface area contributed by atoms with Crippen LogP contribution >= 0.6 is 0 Å². The maximum Gasteiger partial charge on any atom is 0.382 e. The van der Waals surface area contributed by atoms with Gasteiger partial charge in [-0.2, -0.15) is 5.26 Å². The van der Waals surface area contributed by atoms with Crippen molar-refractivity contribution in [3.8, 4) is 22.9 Å². The van der Waals surface area contributed by atoms with Crippen molar-refractivity contribution in [1.29, 1.82) is 5.26 Å². The molecule has 2 aromatic carbocycles. The summed E-state index contributed by atoms with van der Waals surface area (Å²) in [4.78, 5) is 40.5. The van der Waals surface area contributed by atoms with Crippen molar-refractivity contribution in [3.05, 3.63) is 76.7 Å². The predicted octanol–water partition coefficient (Wildman–Crippen LogP) is 3.11. The minimum atomic E-state index is -1.21. The van der Waals surface area contributed by atoms with Crippen LogP contribution in [-0.2, 0) is 11.3 Å². The molecule has 0 aliphatic carbocycles. The number of phenolic OH excluding ortho intramolecular Hbond substituents is 1. The van der Waals surface area contributed by atoms with Gasteiger partial charge in [-0.05, 0) is 43.6 Å². The number of hydrazine groups is 1. The molecule has 1 aliphatic heterocycles. The van der Waals surface area contributed by atoms with Crippen molar-refractivity contribution in [2.75, 3.05) is 13.1 Å². The van der Waals surface area contributed by atoms with Gasteiger partial charge in [-0.25, -0.2) is 15.4 Å². The summed E-state index contributed by atoms with van der Waals surface area (Å²) in [5.74, 6) is 1.21. The van der Waals surface area contributed by atoms with Gasteiger partial charge < -0.3 is 14.3 Å². The van der Waals surface area contributed by atoms with E-state index in [0.29, 0.717) is 12.1 Å². The van der Waals surface area contributed by atoms with Crippen molar-refractivity contribution >= 4 is 17.8 Å². The Morgan fingerprint density at radius 3 is 2.47 bits per heavy atom. The molecule has 10 heteroatoms. The second-order valence-corrected chi connectivity index (χ2v) is 8.31. The first-order chi connectivity index (χ1) is 17.4. The molecule has 1 aliphatic rings. The Morgan fingerprint density at radius 2 is 1.81 bits per heavy atom. The third-order valence-electron chi connectivity index (χ3n) is 6.02. The Bertz CT molecular complexity index is 1340. The number of furan rings is 1. The number of nitrogens with zero attached hydrogens (tertiary/aromatic N) is 2. The molecule has 184 valence electrons. The molecule has 10 nitrogen and oxygen atoms in total. The Kier molecular flexibility index (Phi) is 7.44. The molecule has 1 saturated heterocycles. The molecule has 0 saturated carbocycles. The van der Waals surface area contributed by atoms with Gasteiger partial charge in [0.25, 0.3) is 5.91 Å². The van der Waals surface area contributed by atoms with E-state index in [1.165, 1.54) is 12.7 Å². The third kappa shape index (κ3) is 4.98. The van der Waals surface area contributed by atoms with E-state index in [4.69, 9.17) is 15.0 Å². The third-order valence-corrected chi connectivity index (χ3v) is 6.02. The highest BCUT2D eigenvalue weighted by Crippen LogP contribution is 2.32. The number of piperidine rings is 1. The highest BCUT2D eigenvalue weighted by Gasteiger charge is 2.30. The van der Waals surface area contributed by atoms with Crippen LogP contribution in [0.4, 0.5) is 0 Å². The van der Waals surface area contributed by atoms with E-state index in [0.717, 1.165) is 49.2 Å². The van der Waals surface area contributed by atoms with Crippen LogP contribution in [-0.4, -0.2) is 40.9 Å². The van der Waals surface area contributed by atoms with E-state index in [1.54, 1.807) is 6.07 Å². The second-order valence-electron chi connectivity index (χ2n) is 8.31. The van der Waals surface area contributed by atoms with E-state index < -0.39 is 40.3 Å². The molecule has 3 aromatic rings. The SMILES string of the molecule is N#Cc1c(O)ccc(C(=O)OC(=O)c2occ(CN3CCCCC3)c2-c2ccccc2)c1C(=O)NN. The van der Waals surface area contributed by atoms with E-state index >= 15 is 0 Å². The lowest BCUT2D eigenvalue weighted by atomic mass is 9.99. The zero-order valence-electron chi connectivity index (χ0n) is 19.3. The Hall–Kier alpha value is -4.46. The fourth-order valence-corrected chi connectivity index (χ4v) is 4.31. The topological polar surface area (TPSA) is 159 Å². The number of carbonyl (C=O) groups is 3. The summed E-state index contributed by atoms with van der Waals surface area (Å²) in [6.45, 7) is 2.44. The highest BCUT2D eigenvalue weighted by atomic mass is 16.6. The maximum atomic E-state index is 13.1. The van der Waals surface area contributed by atoms with E-state index in [9.17, 15) is 24.8 Å². The average molecular weight is 489 g/mol. The first-order valence-electron chi connectivity index (χ1n) is 11.4. The zero-order chi connectivity index (χ0) is 25.7. The number of nitriles is 1. The molecule has 1 fully saturated rings. The number of esters is 2. The number of amides is 1. The molecular formula is C26H24N4O6. The maximum absolute atomic E-state index is 13.1. The number of hydrogen-bond donors (Lipinski definition) is 3. The summed E-state index contributed by atoms with van der Waals surface area (Å²) in [6, 6.07) is 12.9. The lowest BCUT2D eigenvalue weighted by Gasteiger charge is -2.26. The summed E-state index contributed by atoms with van der Waals surface area (Å²) in [7, 11) is 0. The largest absolute Gasteiger partial charge is 0.507 e. The summed E-state index contributed by atoms with van der Waals surface area (Å²) in [5.41, 5.74) is 2.43. The fraction of sp³-hybridized carbons (Fsp3) is 0.231. The summed E-state index contributed by atoms with van der Waals surface area (Å²) >= 11 is 0. The molecule has 1 amide bonds. The number of nitrogens with one attached hydrogen (secondary N) is 1. The first kappa shape index (κ1) is 24.7. The fourth-order valence-electron chi connectivity index (χ4n) is 4.31. The van der Waals surface area contributed by atoms with Gasteiger partial charge in [0.05, 0.1) is 17.4 Å². The summed E-state index contributed by atoms with van der Waals surface area (Å²) in [5, 5.41) is 19.3. The molecule has 0 unspecified atom stereocenters. The number of nitrogen functional groups attached to an aromatic ring is 1. The van der Waals surface area contributed by atoms with Crippen molar-refractivity contribution in [3.63, 3.8) is 0 Å². The van der Waals surface area contributed by atoms with Crippen LogP contribution < -0.4 is 11.3 Å². The van der Waals surface area contributed by atoms with Gasteiger partial charge in [-0.1, -0.05) is 36.8 Å². The van der Waals surface area contributed by atoms with Crippen molar-refractivity contribution < 1.29 is 28.6 Å². The van der Waals surface area contributed by atoms with Gasteiger partial charge in [0, 0.05) is 17.7 Å².